The van der Waals surface area contributed by atoms with Gasteiger partial charge in [-0.15, -0.1) is 0 Å². The Balaban J connectivity index is 1.51. The smallest absolute Gasteiger partial charge is 0.187 e. The lowest BCUT2D eigenvalue weighted by Crippen LogP contribution is -2.31. The van der Waals surface area contributed by atoms with E-state index in [1.165, 1.54) is 0 Å². The molecule has 3 aromatic rings. The van der Waals surface area contributed by atoms with Crippen LogP contribution in [0.3, 0.4) is 0 Å². The van der Waals surface area contributed by atoms with Crippen LogP contribution in [0.2, 0.25) is 0 Å². The van der Waals surface area contributed by atoms with Crippen molar-refractivity contribution in [2.24, 2.45) is 5.10 Å². The summed E-state index contributed by atoms with van der Waals surface area (Å²) < 4.78 is 6.76. The van der Waals surface area contributed by atoms with Crippen molar-refractivity contribution in [3.05, 3.63) is 76.7 Å². The first-order chi connectivity index (χ1) is 12.2. The van der Waals surface area contributed by atoms with Gasteiger partial charge in [0.25, 0.3) is 0 Å². The lowest BCUT2D eigenvalue weighted by molar-refractivity contribution is 0.574. The highest BCUT2D eigenvalue weighted by atomic mass is 79.9. The number of nitrogens with zero attached hydrogens (tertiary/aromatic N) is 2. The predicted molar refractivity (Wildman–Crippen MR) is 106 cm³/mol. The first-order valence-corrected chi connectivity index (χ1v) is 8.72. The van der Waals surface area contributed by atoms with E-state index in [0.717, 1.165) is 21.4 Å². The van der Waals surface area contributed by atoms with Crippen LogP contribution in [-0.2, 0) is 6.54 Å². The summed E-state index contributed by atoms with van der Waals surface area (Å²) in [5, 5.41) is 7.56. The zero-order valence-electron chi connectivity index (χ0n) is 13.1. The normalized spacial score (nSPS) is 10.8. The number of hydrazone groups is 1. The average molecular weight is 415 g/mol. The van der Waals surface area contributed by atoms with Crippen LogP contribution in [0.15, 0.2) is 74.9 Å². The maximum absolute atomic E-state index is 5.75. The van der Waals surface area contributed by atoms with Gasteiger partial charge >= 0.3 is 0 Å². The molecule has 2 N–H and O–H groups in total. The Morgan fingerprint density at radius 2 is 2.16 bits per heavy atom. The van der Waals surface area contributed by atoms with Crippen LogP contribution in [-0.4, -0.2) is 16.3 Å². The number of thiocarbonyl (C=S) groups is 1. The molecule has 2 aromatic heterocycles. The summed E-state index contributed by atoms with van der Waals surface area (Å²) in [6.45, 7) is 0.586. The fraction of sp³-hybridized carbons (Fsp3) is 0.0556. The van der Waals surface area contributed by atoms with Crippen molar-refractivity contribution in [2.75, 3.05) is 0 Å². The first kappa shape index (κ1) is 17.3. The highest BCUT2D eigenvalue weighted by Crippen LogP contribution is 2.24. The number of nitrogens with one attached hydrogen (secondary N) is 2. The van der Waals surface area contributed by atoms with Crippen LogP contribution in [0, 0.1) is 0 Å². The molecule has 0 aliphatic rings. The summed E-state index contributed by atoms with van der Waals surface area (Å²) >= 11 is 8.62. The minimum Gasteiger partial charge on any atom is -0.455 e. The number of hydrogen-bond acceptors (Lipinski definition) is 4. The Labute approximate surface area is 159 Å². The summed E-state index contributed by atoms with van der Waals surface area (Å²) in [7, 11) is 0. The molecule has 0 spiro atoms. The molecule has 5 nitrogen and oxygen atoms in total. The average Bonchev–Trinajstić information content (AvgIpc) is 3.10. The Hall–Kier alpha value is -2.51. The second-order valence-electron chi connectivity index (χ2n) is 5.13. The Morgan fingerprint density at radius 1 is 1.24 bits per heavy atom. The van der Waals surface area contributed by atoms with Gasteiger partial charge in [-0.3, -0.25) is 10.4 Å². The Kier molecular flexibility index (Phi) is 5.92. The number of halogens is 1. The molecule has 0 amide bonds. The lowest BCUT2D eigenvalue weighted by atomic mass is 10.2. The van der Waals surface area contributed by atoms with Gasteiger partial charge < -0.3 is 9.73 Å². The van der Waals surface area contributed by atoms with Crippen molar-refractivity contribution in [1.82, 2.24) is 15.7 Å². The molecular formula is C18H15BrN4OS. The van der Waals surface area contributed by atoms with Gasteiger partial charge in [-0.2, -0.15) is 5.10 Å². The SMILES string of the molecule is S=C(NCc1cccnc1)N/N=C/c1ccc(-c2cccc(Br)c2)o1. The molecular weight excluding hydrogens is 400 g/mol. The summed E-state index contributed by atoms with van der Waals surface area (Å²) in [4.78, 5) is 4.05. The van der Waals surface area contributed by atoms with Gasteiger partial charge in [0.2, 0.25) is 0 Å². The largest absolute Gasteiger partial charge is 0.455 e. The standard InChI is InChI=1S/C18H15BrN4OS/c19-15-5-1-4-14(9-15)17-7-6-16(24-17)12-22-23-18(25)21-11-13-3-2-8-20-10-13/h1-10,12H,11H2,(H2,21,23,25)/b22-12+. The van der Waals surface area contributed by atoms with Gasteiger partial charge in [0.15, 0.2) is 5.11 Å². The van der Waals surface area contributed by atoms with Gasteiger partial charge in [-0.25, -0.2) is 0 Å². The third-order valence-corrected chi connectivity index (χ3v) is 4.00. The van der Waals surface area contributed by atoms with Gasteiger partial charge in [0, 0.05) is 29.0 Å². The van der Waals surface area contributed by atoms with Crippen molar-refractivity contribution < 1.29 is 4.42 Å². The van der Waals surface area contributed by atoms with Crippen LogP contribution in [0.5, 0.6) is 0 Å². The van der Waals surface area contributed by atoms with E-state index in [1.807, 2.05) is 48.5 Å². The summed E-state index contributed by atoms with van der Waals surface area (Å²) in [6, 6.07) is 15.5. The molecule has 0 fully saturated rings. The van der Waals surface area contributed by atoms with Crippen LogP contribution in [0.1, 0.15) is 11.3 Å². The number of pyridine rings is 1. The van der Waals surface area contributed by atoms with Crippen molar-refractivity contribution >= 4 is 39.5 Å². The van der Waals surface area contributed by atoms with Crippen molar-refractivity contribution in [1.29, 1.82) is 0 Å². The monoisotopic (exact) mass is 414 g/mol. The number of benzene rings is 1. The van der Waals surface area contributed by atoms with Crippen LogP contribution in [0.4, 0.5) is 0 Å². The summed E-state index contributed by atoms with van der Waals surface area (Å²) in [5.74, 6) is 1.41. The number of furan rings is 1. The molecule has 3 rings (SSSR count). The highest BCUT2D eigenvalue weighted by molar-refractivity contribution is 9.10. The summed E-state index contributed by atoms with van der Waals surface area (Å²) in [6.07, 6.45) is 5.10. The number of hydrogen-bond donors (Lipinski definition) is 2. The quantitative estimate of drug-likeness (QED) is 0.373. The van der Waals surface area contributed by atoms with Crippen LogP contribution >= 0.6 is 28.1 Å². The molecule has 126 valence electrons. The molecule has 1 aromatic carbocycles. The molecule has 25 heavy (non-hydrogen) atoms. The molecule has 0 atom stereocenters. The minimum absolute atomic E-state index is 0.430. The number of rotatable bonds is 5. The second kappa shape index (κ2) is 8.55. The molecule has 2 heterocycles. The van der Waals surface area contributed by atoms with E-state index in [1.54, 1.807) is 18.6 Å². The van der Waals surface area contributed by atoms with Gasteiger partial charge in [-0.05, 0) is 48.1 Å². The molecule has 0 aliphatic carbocycles. The predicted octanol–water partition coefficient (Wildman–Crippen LogP) is 4.10. The Bertz CT molecular complexity index is 880. The maximum Gasteiger partial charge on any atom is 0.187 e. The van der Waals surface area contributed by atoms with Gasteiger partial charge in [0.05, 0.1) is 6.21 Å². The van der Waals surface area contributed by atoms with Crippen molar-refractivity contribution in [3.8, 4) is 11.3 Å². The first-order valence-electron chi connectivity index (χ1n) is 7.52. The van der Waals surface area contributed by atoms with E-state index in [0.29, 0.717) is 17.4 Å². The van der Waals surface area contributed by atoms with E-state index >= 15 is 0 Å². The minimum atomic E-state index is 0.430. The lowest BCUT2D eigenvalue weighted by Gasteiger charge is -2.06. The van der Waals surface area contributed by atoms with Crippen molar-refractivity contribution in [3.63, 3.8) is 0 Å². The summed E-state index contributed by atoms with van der Waals surface area (Å²) in [5.41, 5.74) is 4.80. The van der Waals surface area contributed by atoms with E-state index in [4.69, 9.17) is 16.6 Å². The van der Waals surface area contributed by atoms with E-state index < -0.39 is 0 Å². The molecule has 0 bridgehead atoms. The highest BCUT2D eigenvalue weighted by Gasteiger charge is 2.03. The molecule has 0 saturated carbocycles. The topological polar surface area (TPSA) is 62.5 Å². The van der Waals surface area contributed by atoms with Gasteiger partial charge in [-0.1, -0.05) is 34.1 Å². The fourth-order valence-corrected chi connectivity index (χ4v) is 2.62. The van der Waals surface area contributed by atoms with E-state index in [2.05, 4.69) is 36.8 Å². The van der Waals surface area contributed by atoms with Gasteiger partial charge in [0.1, 0.15) is 11.5 Å². The maximum atomic E-state index is 5.75. The Morgan fingerprint density at radius 3 is 2.96 bits per heavy atom. The molecule has 0 aliphatic heterocycles. The zero-order chi connectivity index (χ0) is 17.5. The molecule has 0 radical (unpaired) electrons. The third kappa shape index (κ3) is 5.23. The van der Waals surface area contributed by atoms with Crippen molar-refractivity contribution in [2.45, 2.75) is 6.54 Å². The number of aromatic nitrogens is 1. The van der Waals surface area contributed by atoms with Crippen LogP contribution < -0.4 is 10.7 Å². The van der Waals surface area contributed by atoms with E-state index in [-0.39, 0.29) is 0 Å². The third-order valence-electron chi connectivity index (χ3n) is 3.27. The fourth-order valence-electron chi connectivity index (χ4n) is 2.10. The molecule has 0 saturated heterocycles. The zero-order valence-corrected chi connectivity index (χ0v) is 15.5. The molecule has 0 unspecified atom stereocenters. The van der Waals surface area contributed by atoms with Crippen LogP contribution in [0.25, 0.3) is 11.3 Å². The second-order valence-corrected chi connectivity index (χ2v) is 6.45. The van der Waals surface area contributed by atoms with E-state index in [9.17, 15) is 0 Å². The molecule has 7 heteroatoms.